The van der Waals surface area contributed by atoms with Gasteiger partial charge in [0.15, 0.2) is 0 Å². The molecule has 4 rings (SSSR count). The van der Waals surface area contributed by atoms with Gasteiger partial charge in [0, 0.05) is 38.6 Å². The Bertz CT molecular complexity index is 1780. The molecule has 0 aliphatic carbocycles. The molecule has 51 heavy (non-hydrogen) atoms. The second kappa shape index (κ2) is 18.7. The third kappa shape index (κ3) is 11.6. The number of aromatic amines is 1. The van der Waals surface area contributed by atoms with Crippen LogP contribution >= 0.6 is 11.3 Å². The average Bonchev–Trinajstić information content (AvgIpc) is 3.51. The van der Waals surface area contributed by atoms with E-state index in [0.29, 0.717) is 35.3 Å². The standard InChI is InChI=1S/C37H45F3N4O6S/c1-3-42(4-2)17-18-43(32(46)16-22-50-21-15-27-11-8-12-29(24-27)37(38,39)40)19-20-44(36(48)49)25-28(23-26-9-6-5-7-10-26)30-13-14-31(45)33-34(30)51-35(47)41-33/h5-14,24,28,45H,3-4,15-23,25H2,1-2H3,(H,41,47)(H,48,49). The summed E-state index contributed by atoms with van der Waals surface area (Å²) in [7, 11) is 0. The number of thiazole rings is 1. The van der Waals surface area contributed by atoms with Gasteiger partial charge in [-0.3, -0.25) is 9.59 Å². The third-order valence-electron chi connectivity index (χ3n) is 8.89. The smallest absolute Gasteiger partial charge is 0.416 e. The zero-order valence-electron chi connectivity index (χ0n) is 28.8. The van der Waals surface area contributed by atoms with Crippen molar-refractivity contribution in [3.63, 3.8) is 0 Å². The molecule has 10 nitrogen and oxygen atoms in total. The molecule has 0 spiro atoms. The molecule has 3 N–H and O–H groups in total. The van der Waals surface area contributed by atoms with Crippen LogP contribution in [0, 0.1) is 0 Å². The monoisotopic (exact) mass is 730 g/mol. The molecule has 0 saturated carbocycles. The zero-order chi connectivity index (χ0) is 37.0. The highest BCUT2D eigenvalue weighted by Crippen LogP contribution is 2.34. The lowest BCUT2D eigenvalue weighted by Gasteiger charge is -2.31. The molecule has 0 bridgehead atoms. The summed E-state index contributed by atoms with van der Waals surface area (Å²) >= 11 is 0.963. The van der Waals surface area contributed by atoms with Crippen LogP contribution in [0.4, 0.5) is 18.0 Å². The van der Waals surface area contributed by atoms with E-state index in [1.807, 2.05) is 44.2 Å². The molecule has 0 radical (unpaired) electrons. The Hall–Kier alpha value is -4.40. The molecular formula is C37H45F3N4O6S. The number of alkyl halides is 3. The minimum atomic E-state index is -4.43. The lowest BCUT2D eigenvalue weighted by molar-refractivity contribution is -0.137. The summed E-state index contributed by atoms with van der Waals surface area (Å²) in [6.07, 6.45) is -4.82. The van der Waals surface area contributed by atoms with Crippen molar-refractivity contribution < 1.29 is 37.7 Å². The second-order valence-electron chi connectivity index (χ2n) is 12.2. The Morgan fingerprint density at radius 1 is 0.902 bits per heavy atom. The number of hydrogen-bond donors (Lipinski definition) is 3. The number of fused-ring (bicyclic) bond motifs is 1. The Balaban J connectivity index is 1.44. The topological polar surface area (TPSA) is 126 Å². The molecule has 276 valence electrons. The van der Waals surface area contributed by atoms with Gasteiger partial charge in [-0.25, -0.2) is 4.79 Å². The summed E-state index contributed by atoms with van der Waals surface area (Å²) in [6.45, 7) is 7.04. The van der Waals surface area contributed by atoms with E-state index in [-0.39, 0.29) is 68.1 Å². The average molecular weight is 731 g/mol. The number of carboxylic acid groups (broad SMARTS) is 1. The maximum atomic E-state index is 13.4. The summed E-state index contributed by atoms with van der Waals surface area (Å²) in [6, 6.07) is 17.9. The quantitative estimate of drug-likeness (QED) is 0.0949. The third-order valence-corrected chi connectivity index (χ3v) is 9.82. The Kier molecular flexibility index (Phi) is 14.5. The van der Waals surface area contributed by atoms with E-state index in [0.717, 1.165) is 47.7 Å². The maximum absolute atomic E-state index is 13.4. The van der Waals surface area contributed by atoms with Gasteiger partial charge in [-0.1, -0.05) is 79.8 Å². The van der Waals surface area contributed by atoms with Crippen molar-refractivity contribution in [2.24, 2.45) is 0 Å². The molecule has 0 saturated heterocycles. The molecule has 0 aliphatic rings. The van der Waals surface area contributed by atoms with Gasteiger partial charge in [0.25, 0.3) is 0 Å². The summed E-state index contributed by atoms with van der Waals surface area (Å²) in [4.78, 5) is 45.8. The number of likely N-dealkylation sites (N-methyl/N-ethyl adjacent to an activating group) is 1. The Morgan fingerprint density at radius 3 is 2.27 bits per heavy atom. The molecule has 1 unspecified atom stereocenters. The number of nitrogens with zero attached hydrogens (tertiary/aromatic N) is 3. The number of aromatic nitrogens is 1. The van der Waals surface area contributed by atoms with Gasteiger partial charge in [-0.05, 0) is 54.8 Å². The fourth-order valence-corrected chi connectivity index (χ4v) is 6.93. The number of phenols is 1. The van der Waals surface area contributed by atoms with Gasteiger partial charge < -0.3 is 34.6 Å². The first kappa shape index (κ1) is 39.4. The first-order valence-electron chi connectivity index (χ1n) is 17.0. The minimum absolute atomic E-state index is 0.0302. The van der Waals surface area contributed by atoms with Crippen LogP contribution in [0.25, 0.3) is 10.2 Å². The number of aromatic hydroxyl groups is 1. The predicted molar refractivity (Wildman–Crippen MR) is 192 cm³/mol. The van der Waals surface area contributed by atoms with Crippen molar-refractivity contribution in [2.45, 2.75) is 45.2 Å². The van der Waals surface area contributed by atoms with Crippen LogP contribution in [-0.4, -0.2) is 101 Å². The number of hydrogen-bond acceptors (Lipinski definition) is 7. The molecule has 2 amide bonds. The zero-order valence-corrected chi connectivity index (χ0v) is 29.6. The van der Waals surface area contributed by atoms with Crippen LogP contribution in [0.1, 0.15) is 48.4 Å². The highest BCUT2D eigenvalue weighted by Gasteiger charge is 2.30. The Morgan fingerprint density at radius 2 is 1.59 bits per heavy atom. The van der Waals surface area contributed by atoms with Gasteiger partial charge in [0.05, 0.1) is 29.9 Å². The van der Waals surface area contributed by atoms with Crippen molar-refractivity contribution >= 4 is 33.6 Å². The molecule has 0 aliphatic heterocycles. The van der Waals surface area contributed by atoms with Crippen molar-refractivity contribution in [2.75, 3.05) is 59.0 Å². The van der Waals surface area contributed by atoms with Gasteiger partial charge >= 0.3 is 17.1 Å². The first-order chi connectivity index (χ1) is 24.4. The number of amides is 2. The molecule has 4 aromatic rings. The van der Waals surface area contributed by atoms with Crippen molar-refractivity contribution in [3.05, 3.63) is 98.7 Å². The summed E-state index contributed by atoms with van der Waals surface area (Å²) in [5.74, 6) is -0.657. The number of phenolic OH excluding ortho intramolecular Hbond substituents is 1. The second-order valence-corrected chi connectivity index (χ2v) is 13.2. The number of ether oxygens (including phenoxy) is 1. The molecule has 1 aromatic heterocycles. The summed E-state index contributed by atoms with van der Waals surface area (Å²) < 4.78 is 45.4. The summed E-state index contributed by atoms with van der Waals surface area (Å²) in [5, 5.41) is 20.7. The molecule has 3 aromatic carbocycles. The lowest BCUT2D eigenvalue weighted by atomic mass is 9.91. The van der Waals surface area contributed by atoms with Crippen LogP contribution in [0.15, 0.2) is 71.5 Å². The van der Waals surface area contributed by atoms with E-state index in [1.165, 1.54) is 17.0 Å². The molecule has 1 heterocycles. The normalized spacial score (nSPS) is 12.4. The van der Waals surface area contributed by atoms with Crippen molar-refractivity contribution in [1.82, 2.24) is 19.7 Å². The van der Waals surface area contributed by atoms with Crippen LogP contribution < -0.4 is 4.87 Å². The number of carbonyl (C=O) groups excluding carboxylic acids is 1. The van der Waals surface area contributed by atoms with Gasteiger partial charge in [-0.2, -0.15) is 13.2 Å². The summed E-state index contributed by atoms with van der Waals surface area (Å²) in [5.41, 5.74) is 1.78. The highest BCUT2D eigenvalue weighted by atomic mass is 32.1. The highest BCUT2D eigenvalue weighted by molar-refractivity contribution is 7.16. The van der Waals surface area contributed by atoms with E-state index < -0.39 is 17.8 Å². The number of halogens is 3. The van der Waals surface area contributed by atoms with Crippen molar-refractivity contribution in [1.29, 1.82) is 0 Å². The van der Waals surface area contributed by atoms with E-state index in [9.17, 15) is 37.8 Å². The minimum Gasteiger partial charge on any atom is -0.506 e. The lowest BCUT2D eigenvalue weighted by Crippen LogP contribution is -2.45. The SMILES string of the molecule is CCN(CC)CCN(CCN(CC(Cc1ccccc1)c1ccc(O)c2[nH]c(=O)sc12)C(=O)O)C(=O)CCOCCc1cccc(C(F)(F)F)c1. The van der Waals surface area contributed by atoms with Gasteiger partial charge in [0.1, 0.15) is 11.3 Å². The molecule has 14 heteroatoms. The van der Waals surface area contributed by atoms with E-state index in [2.05, 4.69) is 9.88 Å². The van der Waals surface area contributed by atoms with Crippen LogP contribution in [0.5, 0.6) is 5.75 Å². The number of nitrogens with one attached hydrogen (secondary N) is 1. The van der Waals surface area contributed by atoms with Crippen LogP contribution in [-0.2, 0) is 28.5 Å². The van der Waals surface area contributed by atoms with E-state index >= 15 is 0 Å². The molecule has 0 fully saturated rings. The van der Waals surface area contributed by atoms with E-state index in [4.69, 9.17) is 4.74 Å². The fourth-order valence-electron chi connectivity index (χ4n) is 5.98. The van der Waals surface area contributed by atoms with Crippen LogP contribution in [0.2, 0.25) is 0 Å². The number of benzene rings is 3. The maximum Gasteiger partial charge on any atom is 0.416 e. The fraction of sp³-hybridized carbons (Fsp3) is 0.432. The van der Waals surface area contributed by atoms with E-state index in [1.54, 1.807) is 17.0 Å². The molecule has 1 atom stereocenters. The van der Waals surface area contributed by atoms with Crippen LogP contribution in [0.3, 0.4) is 0 Å². The first-order valence-corrected chi connectivity index (χ1v) is 17.8. The Labute approximate surface area is 299 Å². The number of rotatable bonds is 19. The largest absolute Gasteiger partial charge is 0.506 e. The number of carbonyl (C=O) groups is 2. The predicted octanol–water partition coefficient (Wildman–Crippen LogP) is 6.44. The molecular weight excluding hydrogens is 685 g/mol. The van der Waals surface area contributed by atoms with Crippen molar-refractivity contribution in [3.8, 4) is 5.75 Å². The number of H-pyrrole nitrogens is 1. The van der Waals surface area contributed by atoms with Gasteiger partial charge in [0.2, 0.25) is 5.91 Å². The van der Waals surface area contributed by atoms with Gasteiger partial charge in [-0.15, -0.1) is 0 Å².